The van der Waals surface area contributed by atoms with Crippen LogP contribution >= 0.6 is 0 Å². The van der Waals surface area contributed by atoms with Gasteiger partial charge < -0.3 is 10.4 Å². The molecule has 0 saturated heterocycles. The first-order valence-electron chi connectivity index (χ1n) is 4.05. The summed E-state index contributed by atoms with van der Waals surface area (Å²) in [6, 6.07) is 2.58. The quantitative estimate of drug-likeness (QED) is 0.637. The highest BCUT2D eigenvalue weighted by Gasteiger charge is 2.16. The average molecular weight is 194 g/mol. The zero-order valence-corrected chi connectivity index (χ0v) is 7.38. The zero-order valence-electron chi connectivity index (χ0n) is 7.38. The van der Waals surface area contributed by atoms with E-state index in [1.165, 1.54) is 0 Å². The number of carbonyl (C=O) groups excluding carboxylic acids is 1. The van der Waals surface area contributed by atoms with E-state index in [9.17, 15) is 9.59 Å². The highest BCUT2D eigenvalue weighted by atomic mass is 16.4. The lowest BCUT2D eigenvalue weighted by Crippen LogP contribution is -2.37. The largest absolute Gasteiger partial charge is 0.480 e. The van der Waals surface area contributed by atoms with Crippen LogP contribution in [0.5, 0.6) is 0 Å². The fourth-order valence-corrected chi connectivity index (χ4v) is 1.05. The number of aromatic nitrogens is 1. The topological polar surface area (TPSA) is 79.3 Å². The lowest BCUT2D eigenvalue weighted by atomic mass is 10.1. The van der Waals surface area contributed by atoms with Gasteiger partial charge in [0.25, 0.3) is 0 Å². The lowest BCUT2D eigenvalue weighted by molar-refractivity contribution is -0.140. The molecular formula is C9H10N2O3. The Bertz CT molecular complexity index is 313. The molecule has 0 radical (unpaired) electrons. The minimum atomic E-state index is -1.05. The molecule has 0 fully saturated rings. The molecular weight excluding hydrogens is 184 g/mol. The molecule has 0 aliphatic rings. The van der Waals surface area contributed by atoms with Crippen LogP contribution in [0.3, 0.4) is 0 Å². The van der Waals surface area contributed by atoms with Crippen LogP contribution in [0.25, 0.3) is 0 Å². The molecule has 0 aromatic carbocycles. The van der Waals surface area contributed by atoms with Crippen LogP contribution in [0.15, 0.2) is 24.5 Å². The van der Waals surface area contributed by atoms with Crippen LogP contribution in [0.2, 0.25) is 0 Å². The van der Waals surface area contributed by atoms with Gasteiger partial charge in [-0.1, -0.05) is 6.07 Å². The summed E-state index contributed by atoms with van der Waals surface area (Å²) in [4.78, 5) is 24.6. The molecule has 1 heterocycles. The fourth-order valence-electron chi connectivity index (χ4n) is 1.05. The molecule has 1 aromatic rings. The molecule has 14 heavy (non-hydrogen) atoms. The Labute approximate surface area is 80.8 Å². The van der Waals surface area contributed by atoms with E-state index in [4.69, 9.17) is 5.11 Å². The molecule has 1 rings (SSSR count). The van der Waals surface area contributed by atoms with Crippen LogP contribution in [0.1, 0.15) is 5.56 Å². The molecule has 5 heteroatoms. The number of carboxylic acid groups (broad SMARTS) is 1. The monoisotopic (exact) mass is 194 g/mol. The van der Waals surface area contributed by atoms with Gasteiger partial charge >= 0.3 is 5.97 Å². The molecule has 0 aliphatic carbocycles. The molecule has 0 bridgehead atoms. The van der Waals surface area contributed by atoms with Gasteiger partial charge in [-0.25, -0.2) is 4.79 Å². The third-order valence-electron chi connectivity index (χ3n) is 1.73. The molecule has 1 atom stereocenters. The number of nitrogens with one attached hydrogen (secondary N) is 1. The van der Waals surface area contributed by atoms with Crippen LogP contribution < -0.4 is 5.32 Å². The first kappa shape index (κ1) is 10.2. The van der Waals surface area contributed by atoms with E-state index in [0.717, 1.165) is 5.56 Å². The van der Waals surface area contributed by atoms with E-state index < -0.39 is 12.0 Å². The van der Waals surface area contributed by atoms with Gasteiger partial charge in [0, 0.05) is 18.8 Å². The SMILES string of the molecule is O=CNC(Cc1cccnc1)C(=O)O. The van der Waals surface area contributed by atoms with Gasteiger partial charge in [0.05, 0.1) is 0 Å². The van der Waals surface area contributed by atoms with Crippen molar-refractivity contribution in [3.63, 3.8) is 0 Å². The normalized spacial score (nSPS) is 11.7. The summed E-state index contributed by atoms with van der Waals surface area (Å²) < 4.78 is 0. The van der Waals surface area contributed by atoms with Crippen molar-refractivity contribution in [1.82, 2.24) is 10.3 Å². The van der Waals surface area contributed by atoms with Crippen molar-refractivity contribution < 1.29 is 14.7 Å². The average Bonchev–Trinajstić information content (AvgIpc) is 2.18. The van der Waals surface area contributed by atoms with Crippen molar-refractivity contribution in [3.8, 4) is 0 Å². The third-order valence-corrected chi connectivity index (χ3v) is 1.73. The van der Waals surface area contributed by atoms with E-state index in [-0.39, 0.29) is 6.42 Å². The Balaban J connectivity index is 2.64. The molecule has 0 aliphatic heterocycles. The van der Waals surface area contributed by atoms with E-state index in [0.29, 0.717) is 6.41 Å². The Kier molecular flexibility index (Phi) is 3.60. The second kappa shape index (κ2) is 4.96. The molecule has 0 saturated carbocycles. The molecule has 1 amide bonds. The number of hydrogen-bond donors (Lipinski definition) is 2. The number of carboxylic acids is 1. The number of rotatable bonds is 5. The van der Waals surface area contributed by atoms with Gasteiger partial charge in [-0.3, -0.25) is 9.78 Å². The predicted molar refractivity (Wildman–Crippen MR) is 48.6 cm³/mol. The molecule has 1 aromatic heterocycles. The van der Waals surface area contributed by atoms with Gasteiger partial charge in [0.1, 0.15) is 6.04 Å². The minimum absolute atomic E-state index is 0.238. The summed E-state index contributed by atoms with van der Waals surface area (Å²) in [5.74, 6) is -1.05. The standard InChI is InChI=1S/C9H10N2O3/c12-6-11-8(9(13)14)4-7-2-1-3-10-5-7/h1-3,5-6,8H,4H2,(H,11,12)(H,13,14). The first-order valence-corrected chi connectivity index (χ1v) is 4.05. The van der Waals surface area contributed by atoms with Crippen molar-refractivity contribution in [2.75, 3.05) is 0 Å². The molecule has 0 spiro atoms. The van der Waals surface area contributed by atoms with Crippen LogP contribution in [0.4, 0.5) is 0 Å². The van der Waals surface area contributed by atoms with Crippen LogP contribution in [0, 0.1) is 0 Å². The number of pyridine rings is 1. The second-order valence-corrected chi connectivity index (χ2v) is 2.74. The van der Waals surface area contributed by atoms with Crippen molar-refractivity contribution in [2.45, 2.75) is 12.5 Å². The Morgan fingerprint density at radius 2 is 2.50 bits per heavy atom. The first-order chi connectivity index (χ1) is 6.74. The van der Waals surface area contributed by atoms with E-state index in [1.807, 2.05) is 0 Å². The van der Waals surface area contributed by atoms with Gasteiger partial charge in [-0.2, -0.15) is 0 Å². The number of hydrogen-bond acceptors (Lipinski definition) is 3. The maximum absolute atomic E-state index is 10.7. The van der Waals surface area contributed by atoms with Gasteiger partial charge in [0.2, 0.25) is 6.41 Å². The van der Waals surface area contributed by atoms with Crippen molar-refractivity contribution in [2.24, 2.45) is 0 Å². The summed E-state index contributed by atoms with van der Waals surface area (Å²) in [5, 5.41) is 10.9. The molecule has 2 N–H and O–H groups in total. The van der Waals surface area contributed by atoms with Crippen LogP contribution in [-0.4, -0.2) is 28.5 Å². The number of nitrogens with zero attached hydrogens (tertiary/aromatic N) is 1. The minimum Gasteiger partial charge on any atom is -0.480 e. The highest BCUT2D eigenvalue weighted by Crippen LogP contribution is 2.00. The fraction of sp³-hybridized carbons (Fsp3) is 0.222. The van der Waals surface area contributed by atoms with Crippen LogP contribution in [-0.2, 0) is 16.0 Å². The molecule has 1 unspecified atom stereocenters. The van der Waals surface area contributed by atoms with Gasteiger partial charge in [-0.15, -0.1) is 0 Å². The zero-order chi connectivity index (χ0) is 10.4. The highest BCUT2D eigenvalue weighted by molar-refractivity contribution is 5.76. The second-order valence-electron chi connectivity index (χ2n) is 2.74. The maximum atomic E-state index is 10.7. The molecule has 5 nitrogen and oxygen atoms in total. The summed E-state index contributed by atoms with van der Waals surface area (Å²) in [6.07, 6.45) is 3.80. The summed E-state index contributed by atoms with van der Waals surface area (Å²) in [7, 11) is 0. The third kappa shape index (κ3) is 2.85. The summed E-state index contributed by atoms with van der Waals surface area (Å²) in [6.45, 7) is 0. The smallest absolute Gasteiger partial charge is 0.326 e. The van der Waals surface area contributed by atoms with Crippen molar-refractivity contribution in [3.05, 3.63) is 30.1 Å². The maximum Gasteiger partial charge on any atom is 0.326 e. The van der Waals surface area contributed by atoms with E-state index in [2.05, 4.69) is 10.3 Å². The number of carbonyl (C=O) groups is 2. The van der Waals surface area contributed by atoms with E-state index in [1.54, 1.807) is 24.5 Å². The van der Waals surface area contributed by atoms with Gasteiger partial charge in [-0.05, 0) is 11.6 Å². The van der Waals surface area contributed by atoms with Crippen molar-refractivity contribution in [1.29, 1.82) is 0 Å². The number of amides is 1. The Hall–Kier alpha value is -1.91. The van der Waals surface area contributed by atoms with Gasteiger partial charge in [0.15, 0.2) is 0 Å². The Morgan fingerprint density at radius 3 is 3.00 bits per heavy atom. The lowest BCUT2D eigenvalue weighted by Gasteiger charge is -2.10. The predicted octanol–water partition coefficient (Wildman–Crippen LogP) is -0.177. The van der Waals surface area contributed by atoms with E-state index >= 15 is 0 Å². The number of aliphatic carboxylic acids is 1. The summed E-state index contributed by atoms with van der Waals surface area (Å²) >= 11 is 0. The molecule has 74 valence electrons. The summed E-state index contributed by atoms with van der Waals surface area (Å²) in [5.41, 5.74) is 0.772. The Morgan fingerprint density at radius 1 is 1.71 bits per heavy atom. The van der Waals surface area contributed by atoms with Crippen molar-refractivity contribution >= 4 is 12.4 Å².